The van der Waals surface area contributed by atoms with Crippen molar-refractivity contribution in [3.8, 4) is 11.5 Å². The highest BCUT2D eigenvalue weighted by molar-refractivity contribution is 7.87. The van der Waals surface area contributed by atoms with Crippen molar-refractivity contribution in [2.24, 2.45) is 7.05 Å². The largest absolute Gasteiger partial charge is 0.488 e. The smallest absolute Gasteiger partial charge is 0.358 e. The summed E-state index contributed by atoms with van der Waals surface area (Å²) in [5.41, 5.74) is 1.12. The SMILES string of the molecule is Cc1nc(S(=O)(=O)Oc2ccc3c(c2)OC2CNCCC32)cn1C. The number of imidazole rings is 1. The highest BCUT2D eigenvalue weighted by Crippen LogP contribution is 2.43. The summed E-state index contributed by atoms with van der Waals surface area (Å²) in [4.78, 5) is 4.02. The van der Waals surface area contributed by atoms with Crippen LogP contribution in [0.2, 0.25) is 0 Å². The van der Waals surface area contributed by atoms with Gasteiger partial charge in [-0.15, -0.1) is 0 Å². The Morgan fingerprint density at radius 2 is 2.25 bits per heavy atom. The van der Waals surface area contributed by atoms with Gasteiger partial charge in [0.2, 0.25) is 5.03 Å². The van der Waals surface area contributed by atoms with Gasteiger partial charge >= 0.3 is 10.1 Å². The zero-order valence-electron chi connectivity index (χ0n) is 13.5. The minimum atomic E-state index is -3.96. The van der Waals surface area contributed by atoms with Gasteiger partial charge < -0.3 is 18.8 Å². The molecule has 2 aromatic rings. The number of hydrogen-bond acceptors (Lipinski definition) is 6. The molecule has 2 atom stereocenters. The van der Waals surface area contributed by atoms with E-state index in [0.29, 0.717) is 17.5 Å². The molecule has 7 nitrogen and oxygen atoms in total. The summed E-state index contributed by atoms with van der Waals surface area (Å²) in [6.45, 7) is 3.51. The van der Waals surface area contributed by atoms with Crippen molar-refractivity contribution in [2.75, 3.05) is 13.1 Å². The number of piperidine rings is 1. The summed E-state index contributed by atoms with van der Waals surface area (Å²) in [6, 6.07) is 5.24. The second-order valence-corrected chi connectivity index (χ2v) is 7.72. The normalized spacial score (nSPS) is 22.6. The van der Waals surface area contributed by atoms with Crippen LogP contribution in [0.4, 0.5) is 0 Å². The maximum absolute atomic E-state index is 12.4. The molecule has 1 aromatic carbocycles. The van der Waals surface area contributed by atoms with Gasteiger partial charge in [0.05, 0.1) is 0 Å². The van der Waals surface area contributed by atoms with Crippen molar-refractivity contribution in [3.05, 3.63) is 35.8 Å². The highest BCUT2D eigenvalue weighted by atomic mass is 32.2. The van der Waals surface area contributed by atoms with E-state index >= 15 is 0 Å². The van der Waals surface area contributed by atoms with Gasteiger partial charge in [0.25, 0.3) is 0 Å². The summed E-state index contributed by atoms with van der Waals surface area (Å²) in [7, 11) is -2.22. The second kappa shape index (κ2) is 5.49. The summed E-state index contributed by atoms with van der Waals surface area (Å²) in [5, 5.41) is 3.21. The molecule has 0 amide bonds. The number of aromatic nitrogens is 2. The van der Waals surface area contributed by atoms with E-state index in [-0.39, 0.29) is 16.9 Å². The number of nitrogens with zero attached hydrogens (tertiary/aromatic N) is 2. The van der Waals surface area contributed by atoms with Crippen LogP contribution in [0.3, 0.4) is 0 Å². The van der Waals surface area contributed by atoms with E-state index in [0.717, 1.165) is 25.1 Å². The first-order chi connectivity index (χ1) is 11.4. The Morgan fingerprint density at radius 1 is 1.42 bits per heavy atom. The van der Waals surface area contributed by atoms with Crippen molar-refractivity contribution >= 4 is 10.1 Å². The topological polar surface area (TPSA) is 82.5 Å². The molecule has 2 aliphatic heterocycles. The monoisotopic (exact) mass is 349 g/mol. The predicted molar refractivity (Wildman–Crippen MR) is 86.8 cm³/mol. The molecular formula is C16H19N3O4S. The molecule has 1 fully saturated rings. The Morgan fingerprint density at radius 3 is 3.00 bits per heavy atom. The number of benzene rings is 1. The number of hydrogen-bond donors (Lipinski definition) is 1. The maximum Gasteiger partial charge on any atom is 0.358 e. The summed E-state index contributed by atoms with van der Waals surface area (Å²) < 4.78 is 37.6. The van der Waals surface area contributed by atoms with Gasteiger partial charge in [-0.1, -0.05) is 6.07 Å². The van der Waals surface area contributed by atoms with Crippen LogP contribution in [0, 0.1) is 6.92 Å². The van der Waals surface area contributed by atoms with Crippen molar-refractivity contribution in [1.29, 1.82) is 0 Å². The van der Waals surface area contributed by atoms with Crippen LogP contribution in [-0.2, 0) is 17.2 Å². The lowest BCUT2D eigenvalue weighted by Gasteiger charge is -2.24. The Kier molecular flexibility index (Phi) is 3.54. The molecule has 1 aromatic heterocycles. The first-order valence-corrected chi connectivity index (χ1v) is 9.30. The van der Waals surface area contributed by atoms with Crippen LogP contribution in [-0.4, -0.2) is 37.2 Å². The molecule has 3 heterocycles. The number of fused-ring (bicyclic) bond motifs is 3. The molecular weight excluding hydrogens is 330 g/mol. The van der Waals surface area contributed by atoms with E-state index in [2.05, 4.69) is 10.3 Å². The lowest BCUT2D eigenvalue weighted by molar-refractivity contribution is 0.176. The van der Waals surface area contributed by atoms with Gasteiger partial charge in [-0.05, 0) is 26.0 Å². The zero-order valence-corrected chi connectivity index (χ0v) is 14.3. The first-order valence-electron chi connectivity index (χ1n) is 7.90. The van der Waals surface area contributed by atoms with Gasteiger partial charge in [-0.2, -0.15) is 8.42 Å². The molecule has 0 bridgehead atoms. The lowest BCUT2D eigenvalue weighted by Crippen LogP contribution is -2.39. The summed E-state index contributed by atoms with van der Waals surface area (Å²) in [5.74, 6) is 1.92. The third-order valence-corrected chi connectivity index (χ3v) is 5.76. The minimum Gasteiger partial charge on any atom is -0.488 e. The molecule has 1 saturated heterocycles. The first kappa shape index (κ1) is 15.5. The van der Waals surface area contributed by atoms with Gasteiger partial charge in [-0.25, -0.2) is 4.98 Å². The van der Waals surface area contributed by atoms with Gasteiger partial charge in [0, 0.05) is 37.3 Å². The molecule has 24 heavy (non-hydrogen) atoms. The van der Waals surface area contributed by atoms with Gasteiger partial charge in [0.15, 0.2) is 0 Å². The molecule has 128 valence electrons. The van der Waals surface area contributed by atoms with Crippen LogP contribution in [0.5, 0.6) is 11.5 Å². The second-order valence-electron chi connectivity index (χ2n) is 6.23. The minimum absolute atomic E-state index is 0.0956. The van der Waals surface area contributed by atoms with Gasteiger partial charge in [0.1, 0.15) is 23.4 Å². The van der Waals surface area contributed by atoms with Crippen molar-refractivity contribution < 1.29 is 17.3 Å². The molecule has 0 radical (unpaired) electrons. The quantitative estimate of drug-likeness (QED) is 0.842. The molecule has 8 heteroatoms. The molecule has 2 aliphatic rings. The van der Waals surface area contributed by atoms with E-state index in [1.807, 2.05) is 6.07 Å². The van der Waals surface area contributed by atoms with E-state index in [1.165, 1.54) is 6.20 Å². The Balaban J connectivity index is 1.60. The van der Waals surface area contributed by atoms with Crippen LogP contribution >= 0.6 is 0 Å². The van der Waals surface area contributed by atoms with E-state index in [4.69, 9.17) is 8.92 Å². The average Bonchev–Trinajstić information content (AvgIpc) is 3.07. The Bertz CT molecular complexity index is 871. The number of aryl methyl sites for hydroxylation is 2. The lowest BCUT2D eigenvalue weighted by atomic mass is 9.90. The molecule has 0 saturated carbocycles. The summed E-state index contributed by atoms with van der Waals surface area (Å²) >= 11 is 0. The molecule has 2 unspecified atom stereocenters. The molecule has 1 N–H and O–H groups in total. The van der Waals surface area contributed by atoms with Gasteiger partial charge in [-0.3, -0.25) is 0 Å². The fraction of sp³-hybridized carbons (Fsp3) is 0.438. The fourth-order valence-corrected chi connectivity index (χ4v) is 4.24. The third kappa shape index (κ3) is 2.55. The van der Waals surface area contributed by atoms with Crippen molar-refractivity contribution in [2.45, 2.75) is 30.4 Å². The van der Waals surface area contributed by atoms with E-state index in [1.54, 1.807) is 30.7 Å². The number of rotatable bonds is 3. The Labute approximate surface area is 140 Å². The predicted octanol–water partition coefficient (Wildman–Crippen LogP) is 1.33. The van der Waals surface area contributed by atoms with E-state index in [9.17, 15) is 8.42 Å². The molecule has 0 spiro atoms. The van der Waals surface area contributed by atoms with Crippen LogP contribution in [0.25, 0.3) is 0 Å². The fourth-order valence-electron chi connectivity index (χ4n) is 3.26. The van der Waals surface area contributed by atoms with Crippen molar-refractivity contribution in [3.63, 3.8) is 0 Å². The standard InChI is InChI=1S/C16H19N3O4S/c1-10-18-16(9-19(10)2)24(20,21)23-11-3-4-12-13-5-6-17-8-15(13)22-14(12)7-11/h3-4,7,9,13,15,17H,5-6,8H2,1-2H3. The van der Waals surface area contributed by atoms with Crippen LogP contribution in [0.15, 0.2) is 29.4 Å². The maximum atomic E-state index is 12.4. The third-order valence-electron chi connectivity index (χ3n) is 4.64. The molecule has 4 rings (SSSR count). The van der Waals surface area contributed by atoms with Crippen molar-refractivity contribution in [1.82, 2.24) is 14.9 Å². The average molecular weight is 349 g/mol. The number of ether oxygens (including phenoxy) is 1. The van der Waals surface area contributed by atoms with Crippen LogP contribution < -0.4 is 14.2 Å². The van der Waals surface area contributed by atoms with Crippen LogP contribution in [0.1, 0.15) is 23.7 Å². The zero-order chi connectivity index (χ0) is 16.9. The summed E-state index contributed by atoms with van der Waals surface area (Å²) in [6.07, 6.45) is 2.57. The van der Waals surface area contributed by atoms with E-state index < -0.39 is 10.1 Å². The Hall–Kier alpha value is -2.06. The molecule has 0 aliphatic carbocycles. The highest BCUT2D eigenvalue weighted by Gasteiger charge is 2.36. The number of nitrogens with one attached hydrogen (secondary N) is 1.